The van der Waals surface area contributed by atoms with E-state index in [9.17, 15) is 10.1 Å². The van der Waals surface area contributed by atoms with E-state index < -0.39 is 0 Å². The van der Waals surface area contributed by atoms with E-state index in [-0.39, 0.29) is 16.7 Å². The van der Waals surface area contributed by atoms with Gasteiger partial charge in [-0.3, -0.25) is 10.1 Å². The number of nitro benzene ring substituents is 1. The van der Waals surface area contributed by atoms with Crippen LogP contribution in [-0.2, 0) is 0 Å². The van der Waals surface area contributed by atoms with Gasteiger partial charge in [-0.15, -0.1) is 0 Å². The maximum Gasteiger partial charge on any atom is 0.333 e. The summed E-state index contributed by atoms with van der Waals surface area (Å²) < 4.78 is 5.39. The van der Waals surface area contributed by atoms with Gasteiger partial charge in [0.1, 0.15) is 5.69 Å². The number of nitro groups is 1. The Balaban J connectivity index is 2.26. The number of para-hydroxylation sites is 1. The molecule has 1 N–H and O–H groups in total. The van der Waals surface area contributed by atoms with Crippen molar-refractivity contribution in [2.24, 2.45) is 0 Å². The van der Waals surface area contributed by atoms with Crippen LogP contribution >= 0.6 is 11.8 Å². The van der Waals surface area contributed by atoms with Crippen molar-refractivity contribution in [3.8, 4) is 5.75 Å². The molecule has 1 aromatic rings. The summed E-state index contributed by atoms with van der Waals surface area (Å²) in [5, 5.41) is 15.3. The fourth-order valence-corrected chi connectivity index (χ4v) is 3.78. The molecule has 1 aliphatic carbocycles. The highest BCUT2D eigenvalue weighted by Gasteiger charge is 2.28. The zero-order chi connectivity index (χ0) is 15.2. The molecule has 0 amide bonds. The Morgan fingerprint density at radius 1 is 1.43 bits per heavy atom. The Morgan fingerprint density at radius 3 is 2.86 bits per heavy atom. The van der Waals surface area contributed by atoms with Gasteiger partial charge >= 0.3 is 5.69 Å². The summed E-state index contributed by atoms with van der Waals surface area (Å²) in [4.78, 5) is 11.0. The van der Waals surface area contributed by atoms with Gasteiger partial charge in [0.2, 0.25) is 0 Å². The maximum atomic E-state index is 11.4. The highest BCUT2D eigenvalue weighted by molar-refractivity contribution is 7.99. The first kappa shape index (κ1) is 15.9. The van der Waals surface area contributed by atoms with E-state index in [0.29, 0.717) is 23.3 Å². The van der Waals surface area contributed by atoms with Crippen LogP contribution in [-0.4, -0.2) is 29.1 Å². The lowest BCUT2D eigenvalue weighted by Gasteiger charge is -2.31. The largest absolute Gasteiger partial charge is 0.487 e. The molecule has 0 radical (unpaired) electrons. The summed E-state index contributed by atoms with van der Waals surface area (Å²) in [6, 6.07) is 5.51. The Hall–Kier alpha value is -1.43. The van der Waals surface area contributed by atoms with Crippen molar-refractivity contribution < 1.29 is 9.66 Å². The van der Waals surface area contributed by atoms with Gasteiger partial charge in [-0.1, -0.05) is 18.9 Å². The number of nitrogens with zero attached hydrogens (tertiary/aromatic N) is 1. The maximum absolute atomic E-state index is 11.4. The van der Waals surface area contributed by atoms with Crippen LogP contribution in [0.5, 0.6) is 5.75 Å². The molecular weight excluding hydrogens is 288 g/mol. The number of ether oxygens (including phenoxy) is 1. The number of anilines is 1. The fourth-order valence-electron chi connectivity index (χ4n) is 2.84. The molecule has 2 atom stereocenters. The summed E-state index contributed by atoms with van der Waals surface area (Å²) >= 11 is 1.84. The molecule has 0 aromatic heterocycles. The Bertz CT molecular complexity index is 496. The molecule has 0 saturated heterocycles. The van der Waals surface area contributed by atoms with Crippen LogP contribution in [0.4, 0.5) is 11.4 Å². The first-order chi connectivity index (χ1) is 10.2. The summed E-state index contributed by atoms with van der Waals surface area (Å²) in [6.07, 6.45) is 6.74. The summed E-state index contributed by atoms with van der Waals surface area (Å²) in [5.41, 5.74) is 0.613. The normalized spacial score (nSPS) is 21.8. The second-order valence-electron chi connectivity index (χ2n) is 5.15. The van der Waals surface area contributed by atoms with Gasteiger partial charge in [-0.05, 0) is 38.2 Å². The lowest BCUT2D eigenvalue weighted by Crippen LogP contribution is -2.34. The van der Waals surface area contributed by atoms with E-state index in [1.165, 1.54) is 12.8 Å². The second-order valence-corrected chi connectivity index (χ2v) is 6.23. The lowest BCUT2D eigenvalue weighted by molar-refractivity contribution is -0.385. The number of thioether (sulfide) groups is 1. The van der Waals surface area contributed by atoms with E-state index in [2.05, 4.69) is 11.6 Å². The Kier molecular flexibility index (Phi) is 5.73. The third-order valence-electron chi connectivity index (χ3n) is 3.83. The van der Waals surface area contributed by atoms with Crippen LogP contribution in [0.15, 0.2) is 18.2 Å². The zero-order valence-corrected chi connectivity index (χ0v) is 13.3. The van der Waals surface area contributed by atoms with Crippen molar-refractivity contribution in [3.05, 3.63) is 28.3 Å². The molecule has 2 rings (SSSR count). The van der Waals surface area contributed by atoms with Crippen LogP contribution in [0.3, 0.4) is 0 Å². The first-order valence-corrected chi connectivity index (χ1v) is 8.65. The summed E-state index contributed by atoms with van der Waals surface area (Å²) in [7, 11) is 0. The summed E-state index contributed by atoms with van der Waals surface area (Å²) in [6.45, 7) is 2.25. The molecule has 1 saturated carbocycles. The highest BCUT2D eigenvalue weighted by atomic mass is 32.2. The third kappa shape index (κ3) is 3.81. The van der Waals surface area contributed by atoms with Crippen molar-refractivity contribution in [2.45, 2.75) is 43.9 Å². The van der Waals surface area contributed by atoms with Gasteiger partial charge in [0, 0.05) is 11.3 Å². The fraction of sp³-hybridized carbons (Fsp3) is 0.600. The van der Waals surface area contributed by atoms with Crippen LogP contribution in [0.1, 0.15) is 32.6 Å². The molecular formula is C15H22N2O3S. The van der Waals surface area contributed by atoms with Crippen molar-refractivity contribution >= 4 is 23.1 Å². The molecule has 1 aliphatic rings. The molecule has 1 aromatic carbocycles. The minimum absolute atomic E-state index is 0.0461. The smallest absolute Gasteiger partial charge is 0.333 e. The Labute approximate surface area is 129 Å². The predicted octanol–water partition coefficient (Wildman–Crippen LogP) is 4.08. The molecule has 6 heteroatoms. The summed E-state index contributed by atoms with van der Waals surface area (Å²) in [5.74, 6) is 0.337. The van der Waals surface area contributed by atoms with E-state index in [4.69, 9.17) is 4.74 Å². The number of hydrogen-bond donors (Lipinski definition) is 1. The van der Waals surface area contributed by atoms with Gasteiger partial charge < -0.3 is 10.1 Å². The minimum Gasteiger partial charge on any atom is -0.487 e. The van der Waals surface area contributed by atoms with E-state index >= 15 is 0 Å². The average Bonchev–Trinajstić information content (AvgIpc) is 2.48. The molecule has 116 valence electrons. The molecule has 21 heavy (non-hydrogen) atoms. The lowest BCUT2D eigenvalue weighted by atomic mass is 9.94. The topological polar surface area (TPSA) is 64.4 Å². The van der Waals surface area contributed by atoms with E-state index in [1.54, 1.807) is 18.2 Å². The number of nitrogens with one attached hydrogen (secondary N) is 1. The van der Waals surface area contributed by atoms with Crippen molar-refractivity contribution in [1.82, 2.24) is 0 Å². The van der Waals surface area contributed by atoms with Crippen LogP contribution in [0, 0.1) is 10.1 Å². The first-order valence-electron chi connectivity index (χ1n) is 7.37. The van der Waals surface area contributed by atoms with Crippen molar-refractivity contribution in [2.75, 3.05) is 18.2 Å². The van der Waals surface area contributed by atoms with Gasteiger partial charge in [0.15, 0.2) is 5.75 Å². The highest BCUT2D eigenvalue weighted by Crippen LogP contribution is 2.37. The molecule has 5 nitrogen and oxygen atoms in total. The quantitative estimate of drug-likeness (QED) is 0.633. The SMILES string of the molecule is CCOc1cccc(NC2CCCCC2SC)c1[N+](=O)[O-]. The van der Waals surface area contributed by atoms with Crippen LogP contribution < -0.4 is 10.1 Å². The van der Waals surface area contributed by atoms with E-state index in [0.717, 1.165) is 12.8 Å². The van der Waals surface area contributed by atoms with Gasteiger partial charge in [-0.2, -0.15) is 11.8 Å². The number of hydrogen-bond acceptors (Lipinski definition) is 5. The molecule has 0 bridgehead atoms. The van der Waals surface area contributed by atoms with Gasteiger partial charge in [-0.25, -0.2) is 0 Å². The van der Waals surface area contributed by atoms with Crippen molar-refractivity contribution in [3.63, 3.8) is 0 Å². The predicted molar refractivity (Wildman–Crippen MR) is 87.4 cm³/mol. The standard InChI is InChI=1S/C15H22N2O3S/c1-3-20-13-9-6-8-12(15(13)17(18)19)16-11-7-4-5-10-14(11)21-2/h6,8-9,11,14,16H,3-5,7,10H2,1-2H3. The molecule has 0 heterocycles. The monoisotopic (exact) mass is 310 g/mol. The average molecular weight is 310 g/mol. The van der Waals surface area contributed by atoms with Crippen molar-refractivity contribution in [1.29, 1.82) is 0 Å². The second kappa shape index (κ2) is 7.54. The molecule has 1 fully saturated rings. The molecule has 2 unspecified atom stereocenters. The van der Waals surface area contributed by atoms with Gasteiger partial charge in [0.25, 0.3) is 0 Å². The minimum atomic E-state index is -0.357. The van der Waals surface area contributed by atoms with Gasteiger partial charge in [0.05, 0.1) is 11.5 Å². The number of benzene rings is 1. The number of rotatable bonds is 6. The van der Waals surface area contributed by atoms with E-state index in [1.807, 2.05) is 18.7 Å². The molecule has 0 spiro atoms. The zero-order valence-electron chi connectivity index (χ0n) is 12.5. The van der Waals surface area contributed by atoms with Crippen LogP contribution in [0.2, 0.25) is 0 Å². The molecule has 0 aliphatic heterocycles. The van der Waals surface area contributed by atoms with Crippen LogP contribution in [0.25, 0.3) is 0 Å². The third-order valence-corrected chi connectivity index (χ3v) is 5.00. The Morgan fingerprint density at radius 2 is 2.19 bits per heavy atom.